The molecule has 0 radical (unpaired) electrons. The summed E-state index contributed by atoms with van der Waals surface area (Å²) in [5.74, 6) is 0.363. The number of carbonyl (C=O) groups excluding carboxylic acids is 1. The number of hydrogen-bond donors (Lipinski definition) is 2. The Morgan fingerprint density at radius 1 is 1.50 bits per heavy atom. The number of ether oxygens (including phenoxy) is 1. The molecule has 0 heterocycles. The van der Waals surface area contributed by atoms with Crippen molar-refractivity contribution < 1.29 is 9.53 Å². The minimum atomic E-state index is -0.564. The van der Waals surface area contributed by atoms with Gasteiger partial charge in [-0.25, -0.2) is 0 Å². The molecule has 1 rings (SSSR count). The summed E-state index contributed by atoms with van der Waals surface area (Å²) in [6, 6.07) is -0.564. The van der Waals surface area contributed by atoms with Gasteiger partial charge in [0.05, 0.1) is 12.1 Å². The molecule has 0 aromatic rings. The third-order valence-electron chi connectivity index (χ3n) is 3.46. The zero-order valence-electron chi connectivity index (χ0n) is 10.2. The fourth-order valence-corrected chi connectivity index (χ4v) is 2.27. The van der Waals surface area contributed by atoms with Crippen molar-refractivity contribution in [3.63, 3.8) is 0 Å². The fraction of sp³-hybridized carbons (Fsp3) is 0.917. The van der Waals surface area contributed by atoms with Crippen LogP contribution in [0.1, 0.15) is 45.4 Å². The average Bonchev–Trinajstić information content (AvgIpc) is 2.29. The van der Waals surface area contributed by atoms with Crippen LogP contribution in [0.15, 0.2) is 0 Å². The summed E-state index contributed by atoms with van der Waals surface area (Å²) in [6.07, 6.45) is 7.01. The van der Waals surface area contributed by atoms with Crippen LogP contribution >= 0.6 is 0 Å². The van der Waals surface area contributed by atoms with Gasteiger partial charge in [0.2, 0.25) is 5.91 Å². The summed E-state index contributed by atoms with van der Waals surface area (Å²) < 4.78 is 5.75. The molecule has 16 heavy (non-hydrogen) atoms. The van der Waals surface area contributed by atoms with E-state index in [0.29, 0.717) is 19.1 Å². The molecule has 3 atom stereocenters. The first-order chi connectivity index (χ1) is 7.63. The predicted octanol–water partition coefficient (Wildman–Crippen LogP) is 1.17. The third kappa shape index (κ3) is 4.49. The van der Waals surface area contributed by atoms with Crippen LogP contribution in [0.3, 0.4) is 0 Å². The summed E-state index contributed by atoms with van der Waals surface area (Å²) in [6.45, 7) is 2.78. The first-order valence-corrected chi connectivity index (χ1v) is 6.30. The molecule has 1 fully saturated rings. The van der Waals surface area contributed by atoms with Gasteiger partial charge < -0.3 is 16.2 Å². The van der Waals surface area contributed by atoms with Gasteiger partial charge >= 0.3 is 0 Å². The molecule has 4 nitrogen and oxygen atoms in total. The second-order valence-corrected chi connectivity index (χ2v) is 4.73. The lowest BCUT2D eigenvalue weighted by Gasteiger charge is -2.28. The van der Waals surface area contributed by atoms with Crippen LogP contribution in [0.5, 0.6) is 0 Å². The van der Waals surface area contributed by atoms with Crippen molar-refractivity contribution in [2.75, 3.05) is 6.61 Å². The Bertz CT molecular complexity index is 221. The summed E-state index contributed by atoms with van der Waals surface area (Å²) >= 11 is 0. The highest BCUT2D eigenvalue weighted by atomic mass is 16.5. The van der Waals surface area contributed by atoms with Crippen LogP contribution in [-0.4, -0.2) is 24.7 Å². The van der Waals surface area contributed by atoms with Crippen LogP contribution in [0, 0.1) is 5.92 Å². The molecule has 4 N–H and O–H groups in total. The highest BCUT2D eigenvalue weighted by Crippen LogP contribution is 2.28. The highest BCUT2D eigenvalue weighted by molar-refractivity contribution is 5.79. The topological polar surface area (TPSA) is 78.3 Å². The molecule has 0 saturated heterocycles. The molecule has 0 aromatic heterocycles. The smallest absolute Gasteiger partial charge is 0.234 e. The number of hydrogen-bond acceptors (Lipinski definition) is 3. The van der Waals surface area contributed by atoms with Crippen molar-refractivity contribution in [3.05, 3.63) is 0 Å². The number of rotatable bonds is 6. The predicted molar refractivity (Wildman–Crippen MR) is 63.8 cm³/mol. The number of nitrogens with two attached hydrogens (primary N) is 2. The molecular formula is C12H24N2O2. The summed E-state index contributed by atoms with van der Waals surface area (Å²) in [7, 11) is 0. The quantitative estimate of drug-likeness (QED) is 0.716. The average molecular weight is 228 g/mol. The second-order valence-electron chi connectivity index (χ2n) is 4.73. The lowest BCUT2D eigenvalue weighted by molar-refractivity contribution is -0.119. The standard InChI is InChI=1S/C12H24N2O2/c1-2-9-4-3-5-10(8-9)16-7-6-11(13)12(14)15/h9-11H,2-8,13H2,1H3,(H2,14,15). The zero-order valence-corrected chi connectivity index (χ0v) is 10.2. The fourth-order valence-electron chi connectivity index (χ4n) is 2.27. The van der Waals surface area contributed by atoms with E-state index in [2.05, 4.69) is 6.92 Å². The van der Waals surface area contributed by atoms with Gasteiger partial charge in [-0.1, -0.05) is 26.2 Å². The molecule has 0 spiro atoms. The molecule has 94 valence electrons. The molecule has 0 aromatic carbocycles. The van der Waals surface area contributed by atoms with Gasteiger partial charge in [0, 0.05) is 6.61 Å². The normalized spacial score (nSPS) is 27.6. The molecule has 0 aliphatic heterocycles. The Kier molecular flexibility index (Phi) is 5.77. The maximum atomic E-state index is 10.7. The first-order valence-electron chi connectivity index (χ1n) is 6.30. The van der Waals surface area contributed by atoms with Crippen molar-refractivity contribution in [2.45, 2.75) is 57.6 Å². The second kappa shape index (κ2) is 6.86. The van der Waals surface area contributed by atoms with Gasteiger partial charge in [-0.15, -0.1) is 0 Å². The van der Waals surface area contributed by atoms with Crippen molar-refractivity contribution in [1.82, 2.24) is 0 Å². The van der Waals surface area contributed by atoms with Crippen molar-refractivity contribution >= 4 is 5.91 Å². The van der Waals surface area contributed by atoms with E-state index in [4.69, 9.17) is 16.2 Å². The van der Waals surface area contributed by atoms with Gasteiger partial charge in [-0.05, 0) is 25.2 Å². The molecule has 1 amide bonds. The highest BCUT2D eigenvalue weighted by Gasteiger charge is 2.21. The number of carbonyl (C=O) groups is 1. The molecule has 4 heteroatoms. The number of amides is 1. The van der Waals surface area contributed by atoms with E-state index in [1.165, 1.54) is 19.3 Å². The Morgan fingerprint density at radius 3 is 2.88 bits per heavy atom. The van der Waals surface area contributed by atoms with E-state index in [0.717, 1.165) is 18.8 Å². The van der Waals surface area contributed by atoms with Crippen molar-refractivity contribution in [2.24, 2.45) is 17.4 Å². The minimum absolute atomic E-state index is 0.360. The van der Waals surface area contributed by atoms with Crippen LogP contribution in [-0.2, 0) is 9.53 Å². The molecule has 0 bridgehead atoms. The first kappa shape index (κ1) is 13.5. The van der Waals surface area contributed by atoms with E-state index in [9.17, 15) is 4.79 Å². The van der Waals surface area contributed by atoms with Gasteiger partial charge in [0.25, 0.3) is 0 Å². The van der Waals surface area contributed by atoms with Crippen LogP contribution < -0.4 is 11.5 Å². The van der Waals surface area contributed by atoms with E-state index >= 15 is 0 Å². The molecule has 1 saturated carbocycles. The maximum absolute atomic E-state index is 10.7. The monoisotopic (exact) mass is 228 g/mol. The van der Waals surface area contributed by atoms with Crippen molar-refractivity contribution in [1.29, 1.82) is 0 Å². The van der Waals surface area contributed by atoms with Crippen LogP contribution in [0.4, 0.5) is 0 Å². The van der Waals surface area contributed by atoms with E-state index < -0.39 is 11.9 Å². The summed E-state index contributed by atoms with van der Waals surface area (Å²) in [5.41, 5.74) is 10.6. The van der Waals surface area contributed by atoms with Gasteiger partial charge in [0.1, 0.15) is 0 Å². The summed E-state index contributed by atoms with van der Waals surface area (Å²) in [4.78, 5) is 10.7. The Labute approximate surface area is 97.7 Å². The van der Waals surface area contributed by atoms with Crippen LogP contribution in [0.25, 0.3) is 0 Å². The minimum Gasteiger partial charge on any atom is -0.378 e. The van der Waals surface area contributed by atoms with Crippen LogP contribution in [0.2, 0.25) is 0 Å². The lowest BCUT2D eigenvalue weighted by Crippen LogP contribution is -2.37. The van der Waals surface area contributed by atoms with E-state index in [1.807, 2.05) is 0 Å². The molecule has 3 unspecified atom stereocenters. The molecule has 1 aliphatic carbocycles. The van der Waals surface area contributed by atoms with E-state index in [-0.39, 0.29) is 0 Å². The summed E-state index contributed by atoms with van der Waals surface area (Å²) in [5, 5.41) is 0. The molecular weight excluding hydrogens is 204 g/mol. The maximum Gasteiger partial charge on any atom is 0.234 e. The van der Waals surface area contributed by atoms with Gasteiger partial charge in [-0.3, -0.25) is 4.79 Å². The van der Waals surface area contributed by atoms with Crippen molar-refractivity contribution in [3.8, 4) is 0 Å². The zero-order chi connectivity index (χ0) is 12.0. The Morgan fingerprint density at radius 2 is 2.25 bits per heavy atom. The Balaban J connectivity index is 2.15. The molecule has 1 aliphatic rings. The van der Waals surface area contributed by atoms with Gasteiger partial charge in [-0.2, -0.15) is 0 Å². The Hall–Kier alpha value is -0.610. The third-order valence-corrected chi connectivity index (χ3v) is 3.46. The van der Waals surface area contributed by atoms with Gasteiger partial charge in [0.15, 0.2) is 0 Å². The largest absolute Gasteiger partial charge is 0.378 e. The number of primary amides is 1. The lowest BCUT2D eigenvalue weighted by atomic mass is 9.85. The SMILES string of the molecule is CCC1CCCC(OCCC(N)C(N)=O)C1. The van der Waals surface area contributed by atoms with E-state index in [1.54, 1.807) is 0 Å².